The fourth-order valence-corrected chi connectivity index (χ4v) is 2.74. The fourth-order valence-electron chi connectivity index (χ4n) is 2.61. The van der Waals surface area contributed by atoms with E-state index in [0.717, 1.165) is 4.90 Å². The number of carbonyl (C=O) groups excluding carboxylic acids is 1. The number of benzene rings is 1. The lowest BCUT2D eigenvalue weighted by molar-refractivity contribution is -0.130. The van der Waals surface area contributed by atoms with Gasteiger partial charge in [-0.3, -0.25) is 0 Å². The Morgan fingerprint density at radius 2 is 1.96 bits per heavy atom. The molecule has 0 saturated carbocycles. The molecular weight excluding hydrogens is 382 g/mol. The molecule has 11 heteroatoms. The van der Waals surface area contributed by atoms with Gasteiger partial charge in [0.25, 0.3) is 0 Å². The van der Waals surface area contributed by atoms with Crippen LogP contribution in [0.2, 0.25) is 5.02 Å². The van der Waals surface area contributed by atoms with E-state index < -0.39 is 43.5 Å². The second-order valence-electron chi connectivity index (χ2n) is 5.85. The fraction of sp³-hybridized carbons (Fsp3) is 0.375. The van der Waals surface area contributed by atoms with Crippen molar-refractivity contribution in [3.63, 3.8) is 0 Å². The predicted molar refractivity (Wildman–Crippen MR) is 92.2 cm³/mol. The van der Waals surface area contributed by atoms with E-state index in [1.54, 1.807) is 12.1 Å². The van der Waals surface area contributed by atoms with Crippen LogP contribution in [0.3, 0.4) is 0 Å². The lowest BCUT2D eigenvalue weighted by Gasteiger charge is -2.33. The van der Waals surface area contributed by atoms with E-state index in [4.69, 9.17) is 26.3 Å². The summed E-state index contributed by atoms with van der Waals surface area (Å²) in [6.07, 6.45) is -3.50. The number of aliphatic hydroxyl groups excluding tert-OH is 4. The molecule has 2 aliphatic rings. The van der Waals surface area contributed by atoms with E-state index in [1.165, 1.54) is 24.4 Å². The quantitative estimate of drug-likeness (QED) is 0.402. The van der Waals surface area contributed by atoms with E-state index in [0.29, 0.717) is 5.02 Å². The van der Waals surface area contributed by atoms with E-state index in [1.807, 2.05) is 0 Å². The van der Waals surface area contributed by atoms with Gasteiger partial charge in [-0.1, -0.05) is 11.6 Å². The molecule has 1 aromatic rings. The lowest BCUT2D eigenvalue weighted by atomic mass is 10.1. The normalized spacial score (nSPS) is 30.2. The zero-order valence-electron chi connectivity index (χ0n) is 13.8. The van der Waals surface area contributed by atoms with Crippen LogP contribution in [0, 0.1) is 0 Å². The number of ether oxygens (including phenoxy) is 1. The van der Waals surface area contributed by atoms with E-state index in [9.17, 15) is 20.1 Å². The highest BCUT2D eigenvalue weighted by Gasteiger charge is 2.46. The minimum atomic E-state index is -1.48. The molecule has 1 unspecified atom stereocenters. The Balaban J connectivity index is 1.58. The molecule has 0 radical (unpaired) electrons. The number of carbonyl (C=O) groups is 1. The molecule has 0 amide bonds. The van der Waals surface area contributed by atoms with Crippen LogP contribution in [0.5, 0.6) is 0 Å². The number of rotatable bonds is 3. The Kier molecular flexibility index (Phi) is 5.95. The van der Waals surface area contributed by atoms with Gasteiger partial charge < -0.3 is 34.9 Å². The average Bonchev–Trinajstić information content (AvgIpc) is 2.95. The number of aliphatic imine (C=N–C) groups is 1. The highest BCUT2D eigenvalue weighted by atomic mass is 35.5. The molecule has 3 rings (SSSR count). The number of amidine groups is 1. The van der Waals surface area contributed by atoms with Crippen molar-refractivity contribution in [1.82, 2.24) is 10.4 Å². The van der Waals surface area contributed by atoms with Crippen LogP contribution in [0.15, 0.2) is 41.5 Å². The zero-order chi connectivity index (χ0) is 19.6. The molecule has 0 aliphatic carbocycles. The largest absolute Gasteiger partial charge is 0.394 e. The second kappa shape index (κ2) is 8.21. The van der Waals surface area contributed by atoms with Crippen molar-refractivity contribution in [2.75, 3.05) is 6.61 Å². The average molecular weight is 400 g/mol. The molecule has 2 heterocycles. The summed E-state index contributed by atoms with van der Waals surface area (Å²) >= 11 is 5.75. The minimum absolute atomic E-state index is 0.0489. The van der Waals surface area contributed by atoms with Gasteiger partial charge in [0, 0.05) is 11.2 Å². The van der Waals surface area contributed by atoms with Gasteiger partial charge in [0.05, 0.1) is 12.2 Å². The molecule has 27 heavy (non-hydrogen) atoms. The SMILES string of the molecule is O=C(ONC1=NC(O)N([C@@H]2O[C@H](CO)[C@@H](O)[C@H]2O)C=C1)c1ccc(Cl)cc1. The number of nitrogens with one attached hydrogen (secondary N) is 1. The van der Waals surface area contributed by atoms with Crippen LogP contribution in [0.25, 0.3) is 0 Å². The summed E-state index contributed by atoms with van der Waals surface area (Å²) in [5.41, 5.74) is 2.58. The molecule has 0 spiro atoms. The smallest absolute Gasteiger partial charge is 0.362 e. The van der Waals surface area contributed by atoms with Gasteiger partial charge in [-0.15, -0.1) is 0 Å². The number of nitrogens with zero attached hydrogens (tertiary/aromatic N) is 2. The Morgan fingerprint density at radius 3 is 2.56 bits per heavy atom. The zero-order valence-corrected chi connectivity index (χ0v) is 14.6. The summed E-state index contributed by atoms with van der Waals surface area (Å²) in [7, 11) is 0. The number of halogens is 1. The van der Waals surface area contributed by atoms with Crippen LogP contribution in [0.1, 0.15) is 10.4 Å². The lowest BCUT2D eigenvalue weighted by Crippen LogP contribution is -2.48. The maximum atomic E-state index is 11.9. The van der Waals surface area contributed by atoms with E-state index in [2.05, 4.69) is 10.5 Å². The topological polar surface area (TPSA) is 144 Å². The first-order chi connectivity index (χ1) is 12.9. The molecule has 5 atom stereocenters. The third-order valence-electron chi connectivity index (χ3n) is 4.06. The first-order valence-electron chi connectivity index (χ1n) is 7.97. The summed E-state index contributed by atoms with van der Waals surface area (Å²) in [4.78, 5) is 21.8. The maximum absolute atomic E-state index is 11.9. The first-order valence-corrected chi connectivity index (χ1v) is 8.35. The van der Waals surface area contributed by atoms with Crippen molar-refractivity contribution in [2.45, 2.75) is 30.9 Å². The van der Waals surface area contributed by atoms with Gasteiger partial charge in [-0.2, -0.15) is 0 Å². The highest BCUT2D eigenvalue weighted by molar-refractivity contribution is 6.30. The Bertz CT molecular complexity index is 742. The second-order valence-corrected chi connectivity index (χ2v) is 6.29. The maximum Gasteiger partial charge on any atom is 0.362 e. The summed E-state index contributed by atoms with van der Waals surface area (Å²) in [5, 5.41) is 39.5. The van der Waals surface area contributed by atoms with Gasteiger partial charge in [0.15, 0.2) is 12.1 Å². The van der Waals surface area contributed by atoms with Crippen molar-refractivity contribution in [3.8, 4) is 0 Å². The van der Waals surface area contributed by atoms with Gasteiger partial charge in [-0.05, 0) is 30.3 Å². The molecule has 1 fully saturated rings. The molecule has 10 nitrogen and oxygen atoms in total. The monoisotopic (exact) mass is 399 g/mol. The number of hydroxylamine groups is 1. The molecule has 0 bridgehead atoms. The Labute approximate surface area is 158 Å². The third kappa shape index (κ3) is 4.21. The molecule has 0 aromatic heterocycles. The number of hydrogen-bond acceptors (Lipinski definition) is 10. The summed E-state index contributed by atoms with van der Waals surface area (Å²) < 4.78 is 5.32. The van der Waals surface area contributed by atoms with Gasteiger partial charge >= 0.3 is 5.97 Å². The van der Waals surface area contributed by atoms with E-state index >= 15 is 0 Å². The molecule has 146 valence electrons. The van der Waals surface area contributed by atoms with Crippen molar-refractivity contribution < 1.29 is 34.8 Å². The summed E-state index contributed by atoms with van der Waals surface area (Å²) in [6, 6.07) is 6.06. The molecule has 1 saturated heterocycles. The molecule has 1 aromatic carbocycles. The van der Waals surface area contributed by atoms with Crippen molar-refractivity contribution in [3.05, 3.63) is 47.1 Å². The summed E-state index contributed by atoms with van der Waals surface area (Å²) in [5.74, 6) is -0.629. The van der Waals surface area contributed by atoms with Crippen LogP contribution >= 0.6 is 11.6 Å². The molecule has 2 aliphatic heterocycles. The number of aliphatic hydroxyl groups is 4. The standard InChI is InChI=1S/C16H18ClN3O7/c17-9-3-1-8(2-4-9)15(24)27-19-11-5-6-20(16(25)18-11)14-13(23)12(22)10(7-21)26-14/h1-6,10,12-14,16,21-23,25H,7H2,(H,18,19)/t10-,12-,13-,14-,16?/m1/s1. The summed E-state index contributed by atoms with van der Waals surface area (Å²) in [6.45, 7) is -0.487. The van der Waals surface area contributed by atoms with Gasteiger partial charge in [0.2, 0.25) is 6.35 Å². The van der Waals surface area contributed by atoms with Gasteiger partial charge in [0.1, 0.15) is 18.3 Å². The highest BCUT2D eigenvalue weighted by Crippen LogP contribution is 2.26. The molecule has 5 N–H and O–H groups in total. The van der Waals surface area contributed by atoms with Crippen LogP contribution in [-0.2, 0) is 9.57 Å². The Morgan fingerprint density at radius 1 is 1.26 bits per heavy atom. The minimum Gasteiger partial charge on any atom is -0.394 e. The van der Waals surface area contributed by atoms with Crippen LogP contribution < -0.4 is 5.48 Å². The first kappa shape index (κ1) is 19.5. The van der Waals surface area contributed by atoms with Crippen molar-refractivity contribution >= 4 is 23.4 Å². The molecular formula is C16H18ClN3O7. The Hall–Kier alpha value is -2.21. The van der Waals surface area contributed by atoms with Crippen LogP contribution in [-0.4, -0.2) is 74.6 Å². The van der Waals surface area contributed by atoms with Crippen molar-refractivity contribution in [1.29, 1.82) is 0 Å². The van der Waals surface area contributed by atoms with Crippen molar-refractivity contribution in [2.24, 2.45) is 4.99 Å². The van der Waals surface area contributed by atoms with E-state index in [-0.39, 0.29) is 11.4 Å². The number of hydrogen-bond donors (Lipinski definition) is 5. The van der Waals surface area contributed by atoms with Crippen LogP contribution in [0.4, 0.5) is 0 Å². The van der Waals surface area contributed by atoms with Gasteiger partial charge in [-0.25, -0.2) is 15.3 Å². The predicted octanol–water partition coefficient (Wildman–Crippen LogP) is -1.06. The third-order valence-corrected chi connectivity index (χ3v) is 4.32.